The fraction of sp³-hybridized carbons (Fsp3) is 0.750. The van der Waals surface area contributed by atoms with Crippen LogP contribution in [0.25, 0.3) is 0 Å². The normalized spacial score (nSPS) is 24.6. The van der Waals surface area contributed by atoms with Crippen LogP contribution in [0.3, 0.4) is 0 Å². The molecule has 0 bridgehead atoms. The van der Waals surface area contributed by atoms with E-state index in [4.69, 9.17) is 4.74 Å². The third kappa shape index (κ3) is 7.33. The van der Waals surface area contributed by atoms with Crippen LogP contribution in [0.5, 0.6) is 0 Å². The fourth-order valence-corrected chi connectivity index (χ4v) is 4.88. The Morgan fingerprint density at radius 3 is 2.43 bits per heavy atom. The number of aliphatic hydroxyl groups is 2. The molecule has 4 rings (SSSR count). The summed E-state index contributed by atoms with van der Waals surface area (Å²) >= 11 is 0. The van der Waals surface area contributed by atoms with Gasteiger partial charge in [0.2, 0.25) is 0 Å². The van der Waals surface area contributed by atoms with Crippen molar-refractivity contribution < 1.29 is 14.9 Å². The van der Waals surface area contributed by atoms with Gasteiger partial charge in [0.05, 0.1) is 31.5 Å². The number of aryl methyl sites for hydroxylation is 2. The lowest BCUT2D eigenvalue weighted by molar-refractivity contribution is -0.0464. The van der Waals surface area contributed by atoms with E-state index in [-0.39, 0.29) is 25.1 Å². The zero-order chi connectivity index (χ0) is 26.2. The molecule has 2 aromatic heterocycles. The highest BCUT2D eigenvalue weighted by molar-refractivity contribution is 5.04. The Balaban J connectivity index is 1.39. The van der Waals surface area contributed by atoms with Gasteiger partial charge in [-0.1, -0.05) is 5.21 Å². The van der Waals surface area contributed by atoms with Gasteiger partial charge in [0.1, 0.15) is 12.3 Å². The summed E-state index contributed by atoms with van der Waals surface area (Å²) in [5.41, 5.74) is 0.350. The molecule has 0 saturated carbocycles. The fourth-order valence-electron chi connectivity index (χ4n) is 4.88. The zero-order valence-corrected chi connectivity index (χ0v) is 21.6. The third-order valence-corrected chi connectivity index (χ3v) is 6.95. The van der Waals surface area contributed by atoms with E-state index in [9.17, 15) is 19.8 Å². The zero-order valence-electron chi connectivity index (χ0n) is 21.6. The molecule has 2 fully saturated rings. The molecule has 3 atom stereocenters. The van der Waals surface area contributed by atoms with Crippen LogP contribution in [0.15, 0.2) is 22.0 Å². The number of ether oxygens (including phenoxy) is 1. The van der Waals surface area contributed by atoms with Crippen molar-refractivity contribution in [1.29, 1.82) is 0 Å². The third-order valence-electron chi connectivity index (χ3n) is 6.95. The second-order valence-electron chi connectivity index (χ2n) is 9.88. The molecule has 2 aliphatic rings. The van der Waals surface area contributed by atoms with Gasteiger partial charge >= 0.3 is 5.69 Å². The number of rotatable bonds is 7. The highest BCUT2D eigenvalue weighted by Gasteiger charge is 2.35. The first-order valence-electron chi connectivity index (χ1n) is 13.3. The summed E-state index contributed by atoms with van der Waals surface area (Å²) in [7, 11) is 0. The molecule has 2 aromatic rings. The van der Waals surface area contributed by atoms with Gasteiger partial charge in [-0.05, 0) is 65.5 Å². The van der Waals surface area contributed by atoms with E-state index in [1.807, 2.05) is 6.20 Å². The Labute approximate surface area is 216 Å². The van der Waals surface area contributed by atoms with Gasteiger partial charge in [-0.2, -0.15) is 0 Å². The Morgan fingerprint density at radius 2 is 1.76 bits per heavy atom. The first kappa shape index (κ1) is 27.6. The van der Waals surface area contributed by atoms with Crippen molar-refractivity contribution in [1.82, 2.24) is 39.7 Å². The molecule has 0 radical (unpaired) electrons. The maximum Gasteiger partial charge on any atom is 0.333 e. The number of aliphatic hydroxyl groups excluding tert-OH is 2. The molecule has 2 saturated heterocycles. The lowest BCUT2D eigenvalue weighted by atomic mass is 10.2. The minimum atomic E-state index is -0.875. The van der Waals surface area contributed by atoms with Crippen LogP contribution in [0.1, 0.15) is 43.2 Å². The van der Waals surface area contributed by atoms with E-state index in [0.29, 0.717) is 18.7 Å². The van der Waals surface area contributed by atoms with Gasteiger partial charge < -0.3 is 25.6 Å². The Morgan fingerprint density at radius 1 is 1.05 bits per heavy atom. The lowest BCUT2D eigenvalue weighted by Gasteiger charge is -2.22. The number of nitrogens with zero attached hydrogens (tertiary/aromatic N) is 6. The number of hydrogen-bond donors (Lipinski definition) is 4. The van der Waals surface area contributed by atoms with Crippen molar-refractivity contribution in [3.05, 3.63) is 44.5 Å². The molecule has 4 N–H and O–H groups in total. The average molecular weight is 521 g/mol. The number of hydrogen-bond acceptors (Lipinski definition) is 10. The van der Waals surface area contributed by atoms with Crippen LogP contribution in [-0.2, 0) is 24.4 Å². The molecule has 2 aliphatic heterocycles. The summed E-state index contributed by atoms with van der Waals surface area (Å²) in [5.74, 6) is 0. The van der Waals surface area contributed by atoms with Crippen LogP contribution < -0.4 is 21.9 Å². The topological polar surface area (TPSA) is 152 Å². The van der Waals surface area contributed by atoms with Gasteiger partial charge in [-0.25, -0.2) is 4.79 Å². The van der Waals surface area contributed by atoms with Crippen molar-refractivity contribution in [2.45, 2.75) is 70.7 Å². The summed E-state index contributed by atoms with van der Waals surface area (Å²) in [6.45, 7) is 8.46. The molecule has 0 spiro atoms. The molecule has 37 heavy (non-hydrogen) atoms. The van der Waals surface area contributed by atoms with E-state index in [0.717, 1.165) is 68.8 Å². The van der Waals surface area contributed by atoms with Crippen molar-refractivity contribution in [2.75, 3.05) is 45.9 Å². The summed E-state index contributed by atoms with van der Waals surface area (Å²) in [6, 6.07) is 0. The van der Waals surface area contributed by atoms with E-state index >= 15 is 0 Å². The molecule has 0 unspecified atom stereocenters. The minimum absolute atomic E-state index is 0.127. The standard InChI is InChI=1S/C24H40N8O5/c1-18-14-32(22-13-20(34)21(17-33)37-22)24(36)31(23(18)35)12-11-30-16-19(27-28-30)15-29-9-3-7-25-5-2-6-26-8-4-10-29/h14,16,20-22,25-26,33-34H,2-13,15,17H2,1H3/t20-,21+,22+/m0/s1. The smallest absolute Gasteiger partial charge is 0.333 e. The Bertz CT molecular complexity index is 1100. The SMILES string of the molecule is Cc1cn([C@H]2C[C@H](O)[C@@H](CO)O2)c(=O)n(CCn2cc(CN3CCCNCCCNCCC3)nn2)c1=O. The largest absolute Gasteiger partial charge is 0.394 e. The highest BCUT2D eigenvalue weighted by Crippen LogP contribution is 2.27. The molecule has 13 heteroatoms. The summed E-state index contributed by atoms with van der Waals surface area (Å²) in [5, 5.41) is 34.9. The summed E-state index contributed by atoms with van der Waals surface area (Å²) in [4.78, 5) is 28.3. The van der Waals surface area contributed by atoms with Gasteiger partial charge in [0.25, 0.3) is 5.56 Å². The molecule has 0 aliphatic carbocycles. The first-order chi connectivity index (χ1) is 18.0. The van der Waals surface area contributed by atoms with E-state index in [1.54, 1.807) is 11.6 Å². The van der Waals surface area contributed by atoms with E-state index < -0.39 is 24.1 Å². The second-order valence-corrected chi connectivity index (χ2v) is 9.88. The molecule has 13 nitrogen and oxygen atoms in total. The predicted octanol–water partition coefficient (Wildman–Crippen LogP) is -1.58. The Hall–Kier alpha value is -2.42. The van der Waals surface area contributed by atoms with Crippen molar-refractivity contribution in [3.8, 4) is 0 Å². The van der Waals surface area contributed by atoms with Gasteiger partial charge in [0, 0.05) is 30.9 Å². The van der Waals surface area contributed by atoms with Crippen molar-refractivity contribution in [3.63, 3.8) is 0 Å². The maximum absolute atomic E-state index is 13.1. The Kier molecular flexibility index (Phi) is 10.00. The second kappa shape index (κ2) is 13.4. The van der Waals surface area contributed by atoms with E-state index in [1.165, 1.54) is 10.8 Å². The molecule has 206 valence electrons. The van der Waals surface area contributed by atoms with Crippen LogP contribution in [0, 0.1) is 6.92 Å². The van der Waals surface area contributed by atoms with Crippen molar-refractivity contribution >= 4 is 0 Å². The maximum atomic E-state index is 13.1. The van der Waals surface area contributed by atoms with Gasteiger partial charge in [-0.15, -0.1) is 5.10 Å². The summed E-state index contributed by atoms with van der Waals surface area (Å²) < 4.78 is 9.77. The van der Waals surface area contributed by atoms with Crippen LogP contribution in [0.2, 0.25) is 0 Å². The monoisotopic (exact) mass is 520 g/mol. The van der Waals surface area contributed by atoms with Crippen molar-refractivity contribution in [2.24, 2.45) is 0 Å². The van der Waals surface area contributed by atoms with E-state index in [2.05, 4.69) is 25.8 Å². The minimum Gasteiger partial charge on any atom is -0.394 e. The molecule has 4 heterocycles. The molecular weight excluding hydrogens is 480 g/mol. The quantitative estimate of drug-likeness (QED) is 0.336. The molecule has 0 aromatic carbocycles. The molecule has 0 amide bonds. The van der Waals surface area contributed by atoms with Gasteiger partial charge in [0.15, 0.2) is 0 Å². The predicted molar refractivity (Wildman–Crippen MR) is 136 cm³/mol. The first-order valence-corrected chi connectivity index (χ1v) is 13.3. The number of aromatic nitrogens is 5. The number of nitrogens with one attached hydrogen (secondary N) is 2. The molecular formula is C24H40N8O5. The lowest BCUT2D eigenvalue weighted by Crippen LogP contribution is -2.42. The van der Waals surface area contributed by atoms with Gasteiger partial charge in [-0.3, -0.25) is 23.5 Å². The van der Waals surface area contributed by atoms with Crippen LogP contribution >= 0.6 is 0 Å². The average Bonchev–Trinajstić information content (AvgIpc) is 3.48. The van der Waals surface area contributed by atoms with Crippen LogP contribution in [-0.4, -0.2) is 97.3 Å². The summed E-state index contributed by atoms with van der Waals surface area (Å²) in [6.07, 6.45) is 4.41. The highest BCUT2D eigenvalue weighted by atomic mass is 16.5. The van der Waals surface area contributed by atoms with Crippen LogP contribution in [0.4, 0.5) is 0 Å².